The maximum Gasteiger partial charge on any atom is 0.243 e. The second-order valence-electron chi connectivity index (χ2n) is 6.38. The van der Waals surface area contributed by atoms with Gasteiger partial charge in [-0.1, -0.05) is 13.0 Å². The summed E-state index contributed by atoms with van der Waals surface area (Å²) in [5, 5.41) is 0. The summed E-state index contributed by atoms with van der Waals surface area (Å²) in [4.78, 5) is 2.02. The zero-order chi connectivity index (χ0) is 16.3. The number of benzene rings is 1. The van der Waals surface area contributed by atoms with Crippen LogP contribution in [-0.4, -0.2) is 39.0 Å². The van der Waals surface area contributed by atoms with Gasteiger partial charge in [-0.05, 0) is 56.8 Å². The second kappa shape index (κ2) is 7.06. The van der Waals surface area contributed by atoms with Crippen LogP contribution in [0.5, 0.6) is 0 Å². The number of nitrogens with zero attached hydrogens (tertiary/aromatic N) is 1. The van der Waals surface area contributed by atoms with Crippen LogP contribution in [0.25, 0.3) is 0 Å². The maximum atomic E-state index is 13.8. The topological polar surface area (TPSA) is 49.4 Å². The second-order valence-corrected chi connectivity index (χ2v) is 8.11. The van der Waals surface area contributed by atoms with Gasteiger partial charge in [0.15, 0.2) is 0 Å². The van der Waals surface area contributed by atoms with Gasteiger partial charge < -0.3 is 0 Å². The Kier molecular flexibility index (Phi) is 5.58. The molecule has 0 radical (unpaired) electrons. The Morgan fingerprint density at radius 2 is 2.18 bits per heavy atom. The molecule has 0 unspecified atom stereocenters. The molecule has 2 rings (SSSR count). The van der Waals surface area contributed by atoms with Gasteiger partial charge >= 0.3 is 0 Å². The minimum atomic E-state index is -3.81. The van der Waals surface area contributed by atoms with Crippen molar-refractivity contribution in [1.29, 1.82) is 0 Å². The fourth-order valence-electron chi connectivity index (χ4n) is 2.88. The number of aryl methyl sites for hydroxylation is 1. The number of hydrogen-bond donors (Lipinski definition) is 1. The molecular weight excluding hydrogens is 303 g/mol. The molecule has 0 bridgehead atoms. The lowest BCUT2D eigenvalue weighted by atomic mass is 9.99. The molecule has 1 aliphatic rings. The lowest BCUT2D eigenvalue weighted by Crippen LogP contribution is -2.46. The zero-order valence-electron chi connectivity index (χ0n) is 13.5. The largest absolute Gasteiger partial charge is 0.299 e. The van der Waals surface area contributed by atoms with E-state index in [1.54, 1.807) is 13.0 Å². The Morgan fingerprint density at radius 3 is 2.86 bits per heavy atom. The van der Waals surface area contributed by atoms with Crippen LogP contribution in [0.1, 0.15) is 32.3 Å². The quantitative estimate of drug-likeness (QED) is 0.903. The molecule has 2 atom stereocenters. The summed E-state index contributed by atoms with van der Waals surface area (Å²) >= 11 is 0. The van der Waals surface area contributed by atoms with Crippen molar-refractivity contribution in [2.45, 2.75) is 44.6 Å². The fourth-order valence-corrected chi connectivity index (χ4v) is 4.16. The predicted octanol–water partition coefficient (Wildman–Crippen LogP) is 2.53. The molecular formula is C16H25FN2O2S. The molecule has 0 aromatic heterocycles. The van der Waals surface area contributed by atoms with Crippen LogP contribution in [0, 0.1) is 18.7 Å². The number of hydrogen-bond acceptors (Lipinski definition) is 3. The van der Waals surface area contributed by atoms with Crippen molar-refractivity contribution in [3.8, 4) is 0 Å². The number of likely N-dealkylation sites (tertiary alicyclic amines) is 1. The highest BCUT2D eigenvalue weighted by molar-refractivity contribution is 7.89. The Hall–Kier alpha value is -0.980. The average Bonchev–Trinajstić information content (AvgIpc) is 2.47. The average molecular weight is 328 g/mol. The van der Waals surface area contributed by atoms with E-state index >= 15 is 0 Å². The molecule has 1 aromatic carbocycles. The monoisotopic (exact) mass is 328 g/mol. The number of rotatable bonds is 5. The van der Waals surface area contributed by atoms with Crippen molar-refractivity contribution in [3.63, 3.8) is 0 Å². The number of piperidine rings is 1. The highest BCUT2D eigenvalue weighted by atomic mass is 32.2. The molecule has 0 amide bonds. The van der Waals surface area contributed by atoms with Crippen LogP contribution in [0.15, 0.2) is 23.1 Å². The van der Waals surface area contributed by atoms with Crippen molar-refractivity contribution in [2.24, 2.45) is 5.92 Å². The molecule has 1 fully saturated rings. The van der Waals surface area contributed by atoms with Crippen molar-refractivity contribution < 1.29 is 12.8 Å². The van der Waals surface area contributed by atoms with Gasteiger partial charge in [-0.3, -0.25) is 4.90 Å². The van der Waals surface area contributed by atoms with E-state index in [-0.39, 0.29) is 10.9 Å². The van der Waals surface area contributed by atoms with Crippen LogP contribution in [0.2, 0.25) is 0 Å². The summed E-state index contributed by atoms with van der Waals surface area (Å²) in [6, 6.07) is 4.22. The molecule has 1 heterocycles. The zero-order valence-corrected chi connectivity index (χ0v) is 14.3. The van der Waals surface area contributed by atoms with Crippen LogP contribution in [0.4, 0.5) is 4.39 Å². The molecule has 0 saturated carbocycles. The highest BCUT2D eigenvalue weighted by Crippen LogP contribution is 2.19. The third-order valence-electron chi connectivity index (χ3n) is 4.26. The van der Waals surface area contributed by atoms with Crippen LogP contribution < -0.4 is 4.72 Å². The van der Waals surface area contributed by atoms with Gasteiger partial charge in [0.2, 0.25) is 10.0 Å². The van der Waals surface area contributed by atoms with Gasteiger partial charge in [0, 0.05) is 19.1 Å². The third kappa shape index (κ3) is 4.27. The van der Waals surface area contributed by atoms with Crippen LogP contribution in [0.3, 0.4) is 0 Å². The minimum Gasteiger partial charge on any atom is -0.299 e. The van der Waals surface area contributed by atoms with E-state index in [1.165, 1.54) is 18.6 Å². The SMILES string of the molecule is Cc1ccc(F)c(S(=O)(=O)NC[C@@H](C)N2CCC[C@@H](C)C2)c1. The predicted molar refractivity (Wildman–Crippen MR) is 85.8 cm³/mol. The first-order chi connectivity index (χ1) is 10.3. The van der Waals surface area contributed by atoms with Gasteiger partial charge in [0.1, 0.15) is 10.7 Å². The van der Waals surface area contributed by atoms with E-state index in [4.69, 9.17) is 0 Å². The van der Waals surface area contributed by atoms with Crippen molar-refractivity contribution >= 4 is 10.0 Å². The molecule has 1 N–H and O–H groups in total. The third-order valence-corrected chi connectivity index (χ3v) is 5.70. The summed E-state index contributed by atoms with van der Waals surface area (Å²) in [5.74, 6) is -0.0700. The van der Waals surface area contributed by atoms with Crippen LogP contribution in [-0.2, 0) is 10.0 Å². The molecule has 1 saturated heterocycles. The lowest BCUT2D eigenvalue weighted by Gasteiger charge is -2.35. The van der Waals surface area contributed by atoms with Gasteiger partial charge in [0.25, 0.3) is 0 Å². The Labute approximate surface area is 132 Å². The smallest absolute Gasteiger partial charge is 0.243 e. The molecule has 1 aromatic rings. The fraction of sp³-hybridized carbons (Fsp3) is 0.625. The van der Waals surface area contributed by atoms with Gasteiger partial charge in [-0.15, -0.1) is 0 Å². The standard InChI is InChI=1S/C16H25FN2O2S/c1-12-6-7-15(17)16(9-12)22(20,21)18-10-14(3)19-8-4-5-13(2)11-19/h6-7,9,13-14,18H,4-5,8,10-11H2,1-3H3/t13-,14-/m1/s1. The van der Waals surface area contributed by atoms with E-state index in [2.05, 4.69) is 16.5 Å². The summed E-state index contributed by atoms with van der Waals surface area (Å²) in [5.41, 5.74) is 0.722. The van der Waals surface area contributed by atoms with Gasteiger partial charge in [-0.2, -0.15) is 0 Å². The summed E-state index contributed by atoms with van der Waals surface area (Å²) in [6.07, 6.45) is 2.37. The Bertz CT molecular complexity index is 619. The van der Waals surface area contributed by atoms with Crippen molar-refractivity contribution in [1.82, 2.24) is 9.62 Å². The van der Waals surface area contributed by atoms with E-state index < -0.39 is 15.8 Å². The van der Waals surface area contributed by atoms with E-state index in [0.29, 0.717) is 12.5 Å². The first kappa shape index (κ1) is 17.4. The summed E-state index contributed by atoms with van der Waals surface area (Å²) in [7, 11) is -3.81. The van der Waals surface area contributed by atoms with Gasteiger partial charge in [-0.25, -0.2) is 17.5 Å². The van der Waals surface area contributed by atoms with E-state index in [1.807, 2.05) is 6.92 Å². The van der Waals surface area contributed by atoms with E-state index in [9.17, 15) is 12.8 Å². The molecule has 0 aliphatic carbocycles. The molecule has 6 heteroatoms. The van der Waals surface area contributed by atoms with Gasteiger partial charge in [0.05, 0.1) is 0 Å². The van der Waals surface area contributed by atoms with Crippen LogP contribution >= 0.6 is 0 Å². The number of halogens is 1. The summed E-state index contributed by atoms with van der Waals surface area (Å²) in [6.45, 7) is 8.24. The van der Waals surface area contributed by atoms with Crippen molar-refractivity contribution in [2.75, 3.05) is 19.6 Å². The first-order valence-corrected chi connectivity index (χ1v) is 9.28. The highest BCUT2D eigenvalue weighted by Gasteiger charge is 2.24. The Balaban J connectivity index is 2.01. The van der Waals surface area contributed by atoms with Crippen molar-refractivity contribution in [3.05, 3.63) is 29.6 Å². The molecule has 4 nitrogen and oxygen atoms in total. The lowest BCUT2D eigenvalue weighted by molar-refractivity contribution is 0.140. The Morgan fingerprint density at radius 1 is 1.45 bits per heavy atom. The molecule has 124 valence electrons. The normalized spacial score (nSPS) is 21.7. The number of nitrogens with one attached hydrogen (secondary N) is 1. The molecule has 0 spiro atoms. The van der Waals surface area contributed by atoms with E-state index in [0.717, 1.165) is 25.1 Å². The molecule has 1 aliphatic heterocycles. The number of sulfonamides is 1. The maximum absolute atomic E-state index is 13.8. The minimum absolute atomic E-state index is 0.102. The summed E-state index contributed by atoms with van der Waals surface area (Å²) < 4.78 is 40.9. The first-order valence-electron chi connectivity index (χ1n) is 7.79. The molecule has 22 heavy (non-hydrogen) atoms.